The van der Waals surface area contributed by atoms with E-state index < -0.39 is 21.8 Å². The Bertz CT molecular complexity index is 808. The Kier molecular flexibility index (Phi) is 4.15. The number of nitrogens with one attached hydrogen (secondary N) is 1. The minimum Gasteiger partial charge on any atom is -0.478 e. The van der Waals surface area contributed by atoms with E-state index >= 15 is 0 Å². The lowest BCUT2D eigenvalue weighted by Crippen LogP contribution is -2.14. The van der Waals surface area contributed by atoms with E-state index in [1.165, 1.54) is 24.3 Å². The molecule has 0 heterocycles. The van der Waals surface area contributed by atoms with E-state index in [0.717, 1.165) is 18.2 Å². The van der Waals surface area contributed by atoms with Gasteiger partial charge in [0.15, 0.2) is 0 Å². The summed E-state index contributed by atoms with van der Waals surface area (Å²) in [6, 6.07) is 7.99. The summed E-state index contributed by atoms with van der Waals surface area (Å²) in [5, 5.41) is 8.91. The number of hydrogen-bond donors (Lipinski definition) is 2. The van der Waals surface area contributed by atoms with E-state index in [0.29, 0.717) is 0 Å². The van der Waals surface area contributed by atoms with Gasteiger partial charge in [-0.05, 0) is 36.4 Å². The molecule has 0 aliphatic rings. The summed E-state index contributed by atoms with van der Waals surface area (Å²) in [5.74, 6) is -1.93. The average molecular weight is 330 g/mol. The Morgan fingerprint density at radius 2 is 1.90 bits per heavy atom. The number of halogens is 2. The zero-order valence-electron chi connectivity index (χ0n) is 10.4. The van der Waals surface area contributed by atoms with E-state index in [1.54, 1.807) is 0 Å². The van der Waals surface area contributed by atoms with Crippen molar-refractivity contribution in [3.05, 3.63) is 58.9 Å². The highest BCUT2D eigenvalue weighted by molar-refractivity contribution is 7.92. The smallest absolute Gasteiger partial charge is 0.335 e. The standard InChI is InChI=1S/C13H9ClFNO4S/c14-11-5-4-8(13(17)18)6-12(11)16-21(19,20)10-3-1-2-9(15)7-10/h1-7,16H,(H,17,18). The molecule has 21 heavy (non-hydrogen) atoms. The third kappa shape index (κ3) is 3.50. The number of anilines is 1. The third-order valence-electron chi connectivity index (χ3n) is 2.56. The molecule has 2 aromatic rings. The quantitative estimate of drug-likeness (QED) is 0.903. The third-order valence-corrected chi connectivity index (χ3v) is 4.26. The van der Waals surface area contributed by atoms with Crippen LogP contribution in [0.3, 0.4) is 0 Å². The zero-order valence-corrected chi connectivity index (χ0v) is 12.0. The van der Waals surface area contributed by atoms with Crippen LogP contribution in [0.15, 0.2) is 47.4 Å². The van der Waals surface area contributed by atoms with Gasteiger partial charge in [0.2, 0.25) is 0 Å². The number of sulfonamides is 1. The van der Waals surface area contributed by atoms with Gasteiger partial charge in [0, 0.05) is 0 Å². The van der Waals surface area contributed by atoms with Crippen molar-refractivity contribution in [1.82, 2.24) is 0 Å². The van der Waals surface area contributed by atoms with Gasteiger partial charge in [0.05, 0.1) is 21.2 Å². The van der Waals surface area contributed by atoms with Gasteiger partial charge < -0.3 is 5.11 Å². The molecule has 0 radical (unpaired) electrons. The maximum atomic E-state index is 13.1. The second-order valence-electron chi connectivity index (χ2n) is 4.06. The van der Waals surface area contributed by atoms with Crippen LogP contribution < -0.4 is 4.72 Å². The molecule has 0 unspecified atom stereocenters. The van der Waals surface area contributed by atoms with Gasteiger partial charge in [-0.15, -0.1) is 0 Å². The molecule has 0 atom stereocenters. The summed E-state index contributed by atoms with van der Waals surface area (Å²) in [6.45, 7) is 0. The average Bonchev–Trinajstić information content (AvgIpc) is 2.41. The van der Waals surface area contributed by atoms with E-state index in [2.05, 4.69) is 4.72 Å². The van der Waals surface area contributed by atoms with E-state index in [4.69, 9.17) is 16.7 Å². The fraction of sp³-hybridized carbons (Fsp3) is 0. The lowest BCUT2D eigenvalue weighted by molar-refractivity contribution is 0.0697. The first-order chi connectivity index (χ1) is 9.79. The predicted octanol–water partition coefficient (Wildman–Crippen LogP) is 2.98. The molecule has 2 aromatic carbocycles. The van der Waals surface area contributed by atoms with Gasteiger partial charge in [0.1, 0.15) is 5.82 Å². The van der Waals surface area contributed by atoms with Crippen LogP contribution >= 0.6 is 11.6 Å². The van der Waals surface area contributed by atoms with E-state index in [1.807, 2.05) is 0 Å². The normalized spacial score (nSPS) is 11.1. The molecule has 0 saturated carbocycles. The number of aromatic carboxylic acids is 1. The first-order valence-corrected chi connectivity index (χ1v) is 7.47. The first-order valence-electron chi connectivity index (χ1n) is 5.61. The highest BCUT2D eigenvalue weighted by atomic mass is 35.5. The number of benzene rings is 2. The molecule has 0 fully saturated rings. The lowest BCUT2D eigenvalue weighted by atomic mass is 10.2. The van der Waals surface area contributed by atoms with Crippen molar-refractivity contribution in [1.29, 1.82) is 0 Å². The molecule has 8 heteroatoms. The molecular formula is C13H9ClFNO4S. The van der Waals surface area contributed by atoms with Crippen molar-refractivity contribution < 1.29 is 22.7 Å². The van der Waals surface area contributed by atoms with Crippen LogP contribution in [0.2, 0.25) is 5.02 Å². The van der Waals surface area contributed by atoms with Gasteiger partial charge in [-0.25, -0.2) is 17.6 Å². The van der Waals surface area contributed by atoms with Gasteiger partial charge in [0.25, 0.3) is 10.0 Å². The molecule has 0 aliphatic heterocycles. The number of hydrogen-bond acceptors (Lipinski definition) is 3. The molecule has 0 spiro atoms. The summed E-state index contributed by atoms with van der Waals surface area (Å²) >= 11 is 5.83. The Labute approximate surface area is 125 Å². The molecule has 0 bridgehead atoms. The molecule has 0 aliphatic carbocycles. The van der Waals surface area contributed by atoms with Gasteiger partial charge >= 0.3 is 5.97 Å². The fourth-order valence-corrected chi connectivity index (χ4v) is 2.90. The van der Waals surface area contributed by atoms with Crippen LogP contribution in [-0.2, 0) is 10.0 Å². The van der Waals surface area contributed by atoms with Gasteiger partial charge in [-0.3, -0.25) is 4.72 Å². The molecule has 0 saturated heterocycles. The molecule has 2 rings (SSSR count). The maximum Gasteiger partial charge on any atom is 0.335 e. The van der Waals surface area contributed by atoms with Crippen LogP contribution in [0.25, 0.3) is 0 Å². The summed E-state index contributed by atoms with van der Waals surface area (Å²) in [6.07, 6.45) is 0. The number of rotatable bonds is 4. The molecule has 0 amide bonds. The highest BCUT2D eigenvalue weighted by Gasteiger charge is 2.17. The summed E-state index contributed by atoms with van der Waals surface area (Å²) in [4.78, 5) is 10.6. The van der Waals surface area contributed by atoms with Crippen LogP contribution in [0.1, 0.15) is 10.4 Å². The first kappa shape index (κ1) is 15.3. The second kappa shape index (κ2) is 5.71. The predicted molar refractivity (Wildman–Crippen MR) is 75.6 cm³/mol. The Hall–Kier alpha value is -2.12. The zero-order chi connectivity index (χ0) is 15.6. The number of carbonyl (C=O) groups is 1. The highest BCUT2D eigenvalue weighted by Crippen LogP contribution is 2.26. The van der Waals surface area contributed by atoms with Gasteiger partial charge in [-0.2, -0.15) is 0 Å². The van der Waals surface area contributed by atoms with Crippen molar-refractivity contribution in [2.75, 3.05) is 4.72 Å². The van der Waals surface area contributed by atoms with Crippen LogP contribution in [0.4, 0.5) is 10.1 Å². The molecule has 5 nitrogen and oxygen atoms in total. The summed E-state index contributed by atoms with van der Waals surface area (Å²) in [7, 11) is -4.07. The van der Waals surface area contributed by atoms with Crippen molar-refractivity contribution in [2.24, 2.45) is 0 Å². The Morgan fingerprint density at radius 1 is 1.19 bits per heavy atom. The number of carboxylic acid groups (broad SMARTS) is 1. The Morgan fingerprint density at radius 3 is 2.52 bits per heavy atom. The Balaban J connectivity index is 2.41. The maximum absolute atomic E-state index is 13.1. The van der Waals surface area contributed by atoms with Gasteiger partial charge in [-0.1, -0.05) is 17.7 Å². The monoisotopic (exact) mass is 329 g/mol. The van der Waals surface area contributed by atoms with Crippen molar-refractivity contribution in [3.63, 3.8) is 0 Å². The van der Waals surface area contributed by atoms with E-state index in [-0.39, 0.29) is 21.2 Å². The van der Waals surface area contributed by atoms with Crippen LogP contribution in [0, 0.1) is 5.82 Å². The second-order valence-corrected chi connectivity index (χ2v) is 6.15. The van der Waals surface area contributed by atoms with Crippen LogP contribution in [-0.4, -0.2) is 19.5 Å². The minimum atomic E-state index is -4.07. The lowest BCUT2D eigenvalue weighted by Gasteiger charge is -2.10. The van der Waals surface area contributed by atoms with Crippen molar-refractivity contribution >= 4 is 33.3 Å². The van der Waals surface area contributed by atoms with Crippen molar-refractivity contribution in [2.45, 2.75) is 4.90 Å². The molecular weight excluding hydrogens is 321 g/mol. The molecule has 110 valence electrons. The largest absolute Gasteiger partial charge is 0.478 e. The molecule has 0 aromatic heterocycles. The van der Waals surface area contributed by atoms with Crippen LogP contribution in [0.5, 0.6) is 0 Å². The summed E-state index contributed by atoms with van der Waals surface area (Å²) < 4.78 is 39.4. The van der Waals surface area contributed by atoms with Crippen molar-refractivity contribution in [3.8, 4) is 0 Å². The SMILES string of the molecule is O=C(O)c1ccc(Cl)c(NS(=O)(=O)c2cccc(F)c2)c1. The molecule has 2 N–H and O–H groups in total. The fourth-order valence-electron chi connectivity index (χ4n) is 1.57. The topological polar surface area (TPSA) is 83.5 Å². The van der Waals surface area contributed by atoms with E-state index in [9.17, 15) is 17.6 Å². The minimum absolute atomic E-state index is 0.0278. The number of carboxylic acids is 1. The summed E-state index contributed by atoms with van der Waals surface area (Å²) in [5.41, 5.74) is -0.225.